The predicted molar refractivity (Wildman–Crippen MR) is 136 cm³/mol. The number of halogens is 1. The standard InChI is InChI=1S/C26H27ClN2O6S/c1-17(29(26(32)33)16-24(30)20-4-3-5-21(27)15-20)14-18-6-10-22(11-7-18)36(34,35)23-12-8-19(9-13-23)25(31)28-2/h3-13,15,17,24,30H,14,16H2,1-2H3,(H,28,31)(H,32,33)/t17-,24+/m1/s1. The summed E-state index contributed by atoms with van der Waals surface area (Å²) in [5.74, 6) is -0.312. The molecule has 0 aliphatic rings. The van der Waals surface area contributed by atoms with Gasteiger partial charge < -0.3 is 20.4 Å². The van der Waals surface area contributed by atoms with Crippen molar-refractivity contribution in [3.05, 3.63) is 94.5 Å². The molecule has 0 radical (unpaired) electrons. The molecule has 0 aliphatic carbocycles. The summed E-state index contributed by atoms with van der Waals surface area (Å²) < 4.78 is 25.9. The van der Waals surface area contributed by atoms with Gasteiger partial charge in [0.2, 0.25) is 9.84 Å². The SMILES string of the molecule is CNC(=O)c1ccc(S(=O)(=O)c2ccc(C[C@@H](C)N(C[C@H](O)c3cccc(Cl)c3)C(=O)O)cc2)cc1. The Morgan fingerprint density at radius 3 is 2.11 bits per heavy atom. The van der Waals surface area contributed by atoms with Crippen molar-refractivity contribution in [1.29, 1.82) is 0 Å². The van der Waals surface area contributed by atoms with Crippen LogP contribution in [-0.2, 0) is 16.3 Å². The molecule has 0 spiro atoms. The number of benzene rings is 3. The summed E-state index contributed by atoms with van der Waals surface area (Å²) in [5.41, 5.74) is 1.60. The third-order valence-corrected chi connectivity index (χ3v) is 7.82. The summed E-state index contributed by atoms with van der Waals surface area (Å²) in [4.78, 5) is 24.8. The number of hydrogen-bond donors (Lipinski definition) is 3. The molecular formula is C26H27ClN2O6S. The van der Waals surface area contributed by atoms with Crippen molar-refractivity contribution in [2.24, 2.45) is 0 Å². The lowest BCUT2D eigenvalue weighted by atomic mass is 10.0. The summed E-state index contributed by atoms with van der Waals surface area (Å²) in [6.45, 7) is 1.58. The Labute approximate surface area is 215 Å². The van der Waals surface area contributed by atoms with Gasteiger partial charge in [-0.25, -0.2) is 13.2 Å². The first kappa shape index (κ1) is 27.2. The second-order valence-electron chi connectivity index (χ2n) is 8.31. The van der Waals surface area contributed by atoms with Gasteiger partial charge in [0.15, 0.2) is 0 Å². The zero-order valence-corrected chi connectivity index (χ0v) is 21.3. The lowest BCUT2D eigenvalue weighted by Crippen LogP contribution is -2.41. The molecule has 0 heterocycles. The van der Waals surface area contributed by atoms with Gasteiger partial charge in [-0.05, 0) is 73.0 Å². The number of nitrogens with one attached hydrogen (secondary N) is 1. The molecule has 0 aromatic heterocycles. The highest BCUT2D eigenvalue weighted by Gasteiger charge is 2.24. The number of carbonyl (C=O) groups excluding carboxylic acids is 1. The first-order chi connectivity index (χ1) is 17.0. The van der Waals surface area contributed by atoms with Gasteiger partial charge in [-0.15, -0.1) is 0 Å². The summed E-state index contributed by atoms with van der Waals surface area (Å²) in [5, 5.41) is 23.1. The highest BCUT2D eigenvalue weighted by atomic mass is 35.5. The maximum Gasteiger partial charge on any atom is 0.407 e. The molecule has 190 valence electrons. The first-order valence-electron chi connectivity index (χ1n) is 11.1. The molecule has 8 nitrogen and oxygen atoms in total. The van der Waals surface area contributed by atoms with Gasteiger partial charge in [0.1, 0.15) is 0 Å². The Hall–Kier alpha value is -3.40. The summed E-state index contributed by atoms with van der Waals surface area (Å²) >= 11 is 5.97. The van der Waals surface area contributed by atoms with E-state index in [1.54, 1.807) is 43.3 Å². The van der Waals surface area contributed by atoms with Gasteiger partial charge >= 0.3 is 6.09 Å². The highest BCUT2D eigenvalue weighted by Crippen LogP contribution is 2.24. The summed E-state index contributed by atoms with van der Waals surface area (Å²) in [7, 11) is -2.30. The van der Waals surface area contributed by atoms with E-state index in [4.69, 9.17) is 11.6 Å². The first-order valence-corrected chi connectivity index (χ1v) is 13.0. The quantitative estimate of drug-likeness (QED) is 0.381. The van der Waals surface area contributed by atoms with Crippen molar-refractivity contribution < 1.29 is 28.2 Å². The third kappa shape index (κ3) is 6.42. The fourth-order valence-corrected chi connectivity index (χ4v) is 5.23. The molecule has 0 unspecified atom stereocenters. The van der Waals surface area contributed by atoms with Crippen molar-refractivity contribution in [2.45, 2.75) is 35.3 Å². The molecule has 2 amide bonds. The second-order valence-corrected chi connectivity index (χ2v) is 10.7. The van der Waals surface area contributed by atoms with Crippen molar-refractivity contribution in [3.8, 4) is 0 Å². The maximum atomic E-state index is 13.0. The number of aliphatic hydroxyl groups excluding tert-OH is 1. The normalized spacial score (nSPS) is 13.0. The number of carbonyl (C=O) groups is 2. The Morgan fingerprint density at radius 2 is 1.58 bits per heavy atom. The molecule has 0 fully saturated rings. The van der Waals surface area contributed by atoms with Crippen molar-refractivity contribution in [2.75, 3.05) is 13.6 Å². The van der Waals surface area contributed by atoms with E-state index >= 15 is 0 Å². The van der Waals surface area contributed by atoms with E-state index in [1.165, 1.54) is 43.4 Å². The van der Waals surface area contributed by atoms with Gasteiger partial charge in [-0.3, -0.25) is 4.79 Å². The Bertz CT molecular complexity index is 1330. The highest BCUT2D eigenvalue weighted by molar-refractivity contribution is 7.91. The lowest BCUT2D eigenvalue weighted by Gasteiger charge is -2.29. The average Bonchev–Trinajstić information content (AvgIpc) is 2.86. The molecule has 3 aromatic rings. The average molecular weight is 531 g/mol. The molecule has 3 aromatic carbocycles. The molecule has 3 N–H and O–H groups in total. The van der Waals surface area contributed by atoms with Crippen LogP contribution in [0.2, 0.25) is 5.02 Å². The lowest BCUT2D eigenvalue weighted by molar-refractivity contribution is 0.0799. The van der Waals surface area contributed by atoms with E-state index in [0.29, 0.717) is 22.6 Å². The minimum Gasteiger partial charge on any atom is -0.465 e. The zero-order chi connectivity index (χ0) is 26.5. The molecule has 10 heteroatoms. The molecule has 0 saturated heterocycles. The number of hydrogen-bond acceptors (Lipinski definition) is 5. The van der Waals surface area contributed by atoms with E-state index in [9.17, 15) is 28.2 Å². The van der Waals surface area contributed by atoms with Crippen molar-refractivity contribution >= 4 is 33.4 Å². The van der Waals surface area contributed by atoms with Gasteiger partial charge in [-0.1, -0.05) is 35.9 Å². The van der Waals surface area contributed by atoms with E-state index in [-0.39, 0.29) is 22.2 Å². The molecule has 2 atom stereocenters. The van der Waals surface area contributed by atoms with Crippen molar-refractivity contribution in [3.63, 3.8) is 0 Å². The zero-order valence-electron chi connectivity index (χ0n) is 19.8. The number of aliphatic hydroxyl groups is 1. The number of sulfone groups is 1. The minimum absolute atomic E-state index is 0.0586. The Morgan fingerprint density at radius 1 is 1.00 bits per heavy atom. The fourth-order valence-electron chi connectivity index (χ4n) is 3.77. The van der Waals surface area contributed by atoms with E-state index in [2.05, 4.69) is 5.32 Å². The molecule has 0 saturated carbocycles. The van der Waals surface area contributed by atoms with Crippen LogP contribution in [0.4, 0.5) is 4.79 Å². The van der Waals surface area contributed by atoms with Crippen LogP contribution in [0.25, 0.3) is 0 Å². The van der Waals surface area contributed by atoms with Gasteiger partial charge in [-0.2, -0.15) is 0 Å². The number of nitrogens with zero attached hydrogens (tertiary/aromatic N) is 1. The second kappa shape index (κ2) is 11.6. The van der Waals surface area contributed by atoms with Gasteiger partial charge in [0.05, 0.1) is 22.4 Å². The topological polar surface area (TPSA) is 124 Å². The summed E-state index contributed by atoms with van der Waals surface area (Å²) in [6, 6.07) is 18.0. The molecule has 0 bridgehead atoms. The van der Waals surface area contributed by atoms with E-state index in [0.717, 1.165) is 10.5 Å². The monoisotopic (exact) mass is 530 g/mol. The largest absolute Gasteiger partial charge is 0.465 e. The summed E-state index contributed by atoms with van der Waals surface area (Å²) in [6.07, 6.45) is -1.91. The van der Waals surface area contributed by atoms with E-state index in [1.807, 2.05) is 0 Å². The van der Waals surface area contributed by atoms with Crippen molar-refractivity contribution in [1.82, 2.24) is 10.2 Å². The molecule has 0 aliphatic heterocycles. The van der Waals surface area contributed by atoms with Gasteiger partial charge in [0, 0.05) is 23.7 Å². The smallest absolute Gasteiger partial charge is 0.407 e. The van der Waals surface area contributed by atoms with Crippen LogP contribution in [-0.4, -0.2) is 55.2 Å². The van der Waals surface area contributed by atoms with Crippen LogP contribution < -0.4 is 5.32 Å². The fraction of sp³-hybridized carbons (Fsp3) is 0.231. The van der Waals surface area contributed by atoms with Gasteiger partial charge in [0.25, 0.3) is 5.91 Å². The van der Waals surface area contributed by atoms with Crippen LogP contribution in [0.15, 0.2) is 82.6 Å². The number of amides is 2. The van der Waals surface area contributed by atoms with Crippen LogP contribution in [0.5, 0.6) is 0 Å². The van der Waals surface area contributed by atoms with Crippen LogP contribution in [0.1, 0.15) is 34.5 Å². The molecular weight excluding hydrogens is 504 g/mol. The van der Waals surface area contributed by atoms with E-state index < -0.39 is 28.1 Å². The number of rotatable bonds is 9. The predicted octanol–water partition coefficient (Wildman–Crippen LogP) is 4.18. The van der Waals surface area contributed by atoms with Crippen LogP contribution in [0.3, 0.4) is 0 Å². The van der Waals surface area contributed by atoms with Crippen LogP contribution >= 0.6 is 11.6 Å². The molecule has 36 heavy (non-hydrogen) atoms. The third-order valence-electron chi connectivity index (χ3n) is 5.80. The number of carboxylic acid groups (broad SMARTS) is 1. The minimum atomic E-state index is -3.79. The maximum absolute atomic E-state index is 13.0. The molecule has 3 rings (SSSR count). The van der Waals surface area contributed by atoms with Crippen LogP contribution in [0, 0.1) is 0 Å². The Kier molecular flexibility index (Phi) is 8.73. The Balaban J connectivity index is 1.71.